The zero-order valence-corrected chi connectivity index (χ0v) is 15.0. The molecule has 2 rings (SSSR count). The molecule has 5 heteroatoms. The lowest BCUT2D eigenvalue weighted by atomic mass is 9.74. The van der Waals surface area contributed by atoms with Gasteiger partial charge in [0.15, 0.2) is 11.6 Å². The van der Waals surface area contributed by atoms with Crippen LogP contribution in [0.4, 0.5) is 0 Å². The monoisotopic (exact) mass is 342 g/mol. The Kier molecular flexibility index (Phi) is 5.16. The molecule has 1 N–H and O–H groups in total. The van der Waals surface area contributed by atoms with Gasteiger partial charge in [-0.25, -0.2) is 0 Å². The van der Waals surface area contributed by atoms with Gasteiger partial charge in [-0.3, -0.25) is 9.59 Å². The molecule has 0 amide bonds. The van der Waals surface area contributed by atoms with Crippen LogP contribution in [0.15, 0.2) is 53.0 Å². The van der Waals surface area contributed by atoms with E-state index in [-0.39, 0.29) is 11.3 Å². The largest absolute Gasteiger partial charge is 0.507 e. The summed E-state index contributed by atoms with van der Waals surface area (Å²) in [4.78, 5) is 25.3. The van der Waals surface area contributed by atoms with Gasteiger partial charge in [0.2, 0.25) is 0 Å². The Morgan fingerprint density at radius 1 is 1.16 bits per heavy atom. The van der Waals surface area contributed by atoms with Gasteiger partial charge < -0.3 is 14.6 Å². The number of allylic oxidation sites excluding steroid dienone is 4. The highest BCUT2D eigenvalue weighted by Crippen LogP contribution is 2.40. The third-order valence-corrected chi connectivity index (χ3v) is 4.30. The van der Waals surface area contributed by atoms with Gasteiger partial charge in [-0.05, 0) is 39.0 Å². The number of Topliss-reactive ketones (excluding diaryl/α,β-unsaturated/α-hetero) is 1. The van der Waals surface area contributed by atoms with E-state index in [2.05, 4.69) is 0 Å². The summed E-state index contributed by atoms with van der Waals surface area (Å²) < 4.78 is 10.5. The number of rotatable bonds is 5. The van der Waals surface area contributed by atoms with E-state index in [1.54, 1.807) is 39.0 Å². The van der Waals surface area contributed by atoms with Gasteiger partial charge in [-0.15, -0.1) is 0 Å². The van der Waals surface area contributed by atoms with Crippen LogP contribution in [0, 0.1) is 5.41 Å². The van der Waals surface area contributed by atoms with E-state index in [1.165, 1.54) is 20.3 Å². The SMILES string of the molecule is COC1=C(C)C(O)=C(C(=O)C=Cc2ccccc2OC)C(=O)C1(C)C. The number of aliphatic hydroxyl groups excluding tert-OH is 1. The lowest BCUT2D eigenvalue weighted by Gasteiger charge is -2.31. The van der Waals surface area contributed by atoms with E-state index in [4.69, 9.17) is 9.47 Å². The van der Waals surface area contributed by atoms with Crippen LogP contribution >= 0.6 is 0 Å². The molecule has 1 aliphatic carbocycles. The number of methoxy groups -OCH3 is 2. The number of ketones is 2. The number of ether oxygens (including phenoxy) is 2. The van der Waals surface area contributed by atoms with Gasteiger partial charge in [0.05, 0.1) is 19.6 Å². The number of para-hydroxylation sites is 1. The second-order valence-electron chi connectivity index (χ2n) is 6.28. The number of aliphatic hydroxyl groups is 1. The Morgan fingerprint density at radius 2 is 1.80 bits per heavy atom. The van der Waals surface area contributed by atoms with Crippen molar-refractivity contribution in [2.24, 2.45) is 5.41 Å². The topological polar surface area (TPSA) is 72.8 Å². The number of hydrogen-bond donors (Lipinski definition) is 1. The van der Waals surface area contributed by atoms with Crippen LogP contribution in [0.2, 0.25) is 0 Å². The molecule has 1 aromatic rings. The van der Waals surface area contributed by atoms with Gasteiger partial charge in [0.1, 0.15) is 22.8 Å². The first kappa shape index (κ1) is 18.5. The Morgan fingerprint density at radius 3 is 2.40 bits per heavy atom. The van der Waals surface area contributed by atoms with E-state index in [0.717, 1.165) is 0 Å². The molecule has 0 aliphatic heterocycles. The Bertz CT molecular complexity index is 809. The van der Waals surface area contributed by atoms with E-state index < -0.39 is 17.0 Å². The third kappa shape index (κ3) is 3.22. The first-order valence-electron chi connectivity index (χ1n) is 7.84. The second-order valence-corrected chi connectivity index (χ2v) is 6.28. The van der Waals surface area contributed by atoms with Crippen molar-refractivity contribution in [2.45, 2.75) is 20.8 Å². The third-order valence-electron chi connectivity index (χ3n) is 4.30. The van der Waals surface area contributed by atoms with Crippen molar-refractivity contribution in [3.05, 3.63) is 58.6 Å². The summed E-state index contributed by atoms with van der Waals surface area (Å²) in [5, 5.41) is 10.4. The minimum atomic E-state index is -1.02. The highest BCUT2D eigenvalue weighted by molar-refractivity contribution is 6.28. The molecule has 1 aromatic carbocycles. The number of carbonyl (C=O) groups is 2. The molecule has 1 aliphatic rings. The Hall–Kier alpha value is -2.82. The van der Waals surface area contributed by atoms with Gasteiger partial charge in [-0.2, -0.15) is 0 Å². The van der Waals surface area contributed by atoms with Crippen LogP contribution in [0.5, 0.6) is 5.75 Å². The van der Waals surface area contributed by atoms with E-state index in [0.29, 0.717) is 22.6 Å². The molecular weight excluding hydrogens is 320 g/mol. The molecule has 0 heterocycles. The summed E-state index contributed by atoms with van der Waals surface area (Å²) in [5.74, 6) is -0.396. The number of hydrogen-bond acceptors (Lipinski definition) is 5. The molecule has 0 fully saturated rings. The van der Waals surface area contributed by atoms with Crippen molar-refractivity contribution < 1.29 is 24.2 Å². The van der Waals surface area contributed by atoms with Crippen molar-refractivity contribution in [1.29, 1.82) is 0 Å². The predicted octanol–water partition coefficient (Wildman–Crippen LogP) is 3.62. The molecule has 0 aromatic heterocycles. The molecule has 0 saturated heterocycles. The van der Waals surface area contributed by atoms with Crippen molar-refractivity contribution in [3.63, 3.8) is 0 Å². The van der Waals surface area contributed by atoms with Gasteiger partial charge >= 0.3 is 0 Å². The van der Waals surface area contributed by atoms with Gasteiger partial charge in [0.25, 0.3) is 0 Å². The standard InChI is InChI=1S/C20H22O5/c1-12-17(22)16(18(23)20(2,3)19(12)25-5)14(21)11-10-13-8-6-7-9-15(13)24-4/h6-11,22H,1-5H3. The highest BCUT2D eigenvalue weighted by Gasteiger charge is 2.44. The van der Waals surface area contributed by atoms with Gasteiger partial charge in [-0.1, -0.05) is 18.2 Å². The summed E-state index contributed by atoms with van der Waals surface area (Å²) in [6.07, 6.45) is 2.83. The molecule has 0 radical (unpaired) electrons. The molecule has 0 spiro atoms. The van der Waals surface area contributed by atoms with E-state index in [9.17, 15) is 14.7 Å². The molecule has 0 unspecified atom stereocenters. The Balaban J connectivity index is 2.45. The van der Waals surface area contributed by atoms with Crippen molar-refractivity contribution in [1.82, 2.24) is 0 Å². The number of benzene rings is 1. The lowest BCUT2D eigenvalue weighted by Crippen LogP contribution is -2.36. The predicted molar refractivity (Wildman–Crippen MR) is 95.2 cm³/mol. The van der Waals surface area contributed by atoms with E-state index in [1.807, 2.05) is 12.1 Å². The van der Waals surface area contributed by atoms with Crippen LogP contribution < -0.4 is 4.74 Å². The molecule has 132 valence electrons. The normalized spacial score (nSPS) is 17.2. The minimum Gasteiger partial charge on any atom is -0.507 e. The summed E-state index contributed by atoms with van der Waals surface area (Å²) in [7, 11) is 2.98. The maximum Gasteiger partial charge on any atom is 0.193 e. The second kappa shape index (κ2) is 6.97. The molecule has 0 atom stereocenters. The van der Waals surface area contributed by atoms with Crippen molar-refractivity contribution >= 4 is 17.6 Å². The van der Waals surface area contributed by atoms with Gasteiger partial charge in [0, 0.05) is 11.1 Å². The fraction of sp³-hybridized carbons (Fsp3) is 0.300. The van der Waals surface area contributed by atoms with Crippen LogP contribution in [-0.2, 0) is 14.3 Å². The smallest absolute Gasteiger partial charge is 0.193 e. The van der Waals surface area contributed by atoms with Crippen molar-refractivity contribution in [2.75, 3.05) is 14.2 Å². The maximum atomic E-state index is 12.7. The molecule has 25 heavy (non-hydrogen) atoms. The van der Waals surface area contributed by atoms with Crippen molar-refractivity contribution in [3.8, 4) is 5.75 Å². The van der Waals surface area contributed by atoms with Crippen LogP contribution in [0.3, 0.4) is 0 Å². The average Bonchev–Trinajstić information content (AvgIpc) is 2.59. The average molecular weight is 342 g/mol. The summed E-state index contributed by atoms with van der Waals surface area (Å²) in [6.45, 7) is 4.96. The molecular formula is C20H22O5. The summed E-state index contributed by atoms with van der Waals surface area (Å²) in [6, 6.07) is 7.20. The first-order valence-corrected chi connectivity index (χ1v) is 7.84. The number of carbonyl (C=O) groups excluding carboxylic acids is 2. The summed E-state index contributed by atoms with van der Waals surface area (Å²) in [5.41, 5.74) is -0.157. The van der Waals surface area contributed by atoms with Crippen LogP contribution in [0.1, 0.15) is 26.3 Å². The molecule has 0 saturated carbocycles. The lowest BCUT2D eigenvalue weighted by molar-refractivity contribution is -0.126. The zero-order chi connectivity index (χ0) is 18.8. The molecule has 0 bridgehead atoms. The molecule has 5 nitrogen and oxygen atoms in total. The maximum absolute atomic E-state index is 12.7. The van der Waals surface area contributed by atoms with E-state index >= 15 is 0 Å². The zero-order valence-electron chi connectivity index (χ0n) is 15.0. The fourth-order valence-electron chi connectivity index (χ4n) is 2.98. The van der Waals surface area contributed by atoms with Crippen LogP contribution in [-0.4, -0.2) is 30.9 Å². The minimum absolute atomic E-state index is 0.227. The van der Waals surface area contributed by atoms with Crippen LogP contribution in [0.25, 0.3) is 6.08 Å². The Labute approximate surface area is 147 Å². The first-order chi connectivity index (χ1) is 11.8. The fourth-order valence-corrected chi connectivity index (χ4v) is 2.98. The quantitative estimate of drug-likeness (QED) is 0.653. The summed E-state index contributed by atoms with van der Waals surface area (Å²) >= 11 is 0. The highest BCUT2D eigenvalue weighted by atomic mass is 16.5.